The first kappa shape index (κ1) is 13.5. The molecule has 1 N–H and O–H groups in total. The number of ether oxygens (including phenoxy) is 1. The first-order chi connectivity index (χ1) is 7.37. The molecule has 0 heterocycles. The van der Waals surface area contributed by atoms with E-state index in [9.17, 15) is 18.0 Å². The van der Waals surface area contributed by atoms with Gasteiger partial charge in [0.05, 0.1) is 0 Å². The summed E-state index contributed by atoms with van der Waals surface area (Å²) in [5, 5.41) is 2.37. The number of nitrogens with one attached hydrogen (secondary N) is 1. The fourth-order valence-corrected chi connectivity index (χ4v) is 2.37. The Morgan fingerprint density at radius 2 is 2.12 bits per heavy atom. The van der Waals surface area contributed by atoms with Gasteiger partial charge in [-0.2, -0.15) is 24.9 Å². The Hall–Kier alpha value is -0.590. The van der Waals surface area contributed by atoms with Gasteiger partial charge in [-0.1, -0.05) is 6.42 Å². The van der Waals surface area contributed by atoms with Gasteiger partial charge in [0.1, 0.15) is 0 Å². The van der Waals surface area contributed by atoms with Gasteiger partial charge in [-0.25, -0.2) is 4.79 Å². The monoisotopic (exact) mass is 257 g/mol. The predicted octanol–water partition coefficient (Wildman–Crippen LogP) is 2.56. The van der Waals surface area contributed by atoms with E-state index in [1.807, 2.05) is 6.26 Å². The number of rotatable bonds is 4. The number of thioether (sulfide) groups is 1. The van der Waals surface area contributed by atoms with E-state index >= 15 is 0 Å². The van der Waals surface area contributed by atoms with Crippen LogP contribution in [0.15, 0.2) is 0 Å². The highest BCUT2D eigenvalue weighted by Gasteiger charge is 2.37. The maximum absolute atomic E-state index is 11.7. The molecule has 0 unspecified atom stereocenters. The van der Waals surface area contributed by atoms with Crippen molar-refractivity contribution >= 4 is 17.9 Å². The summed E-state index contributed by atoms with van der Waals surface area (Å²) in [5.74, 6) is 0. The van der Waals surface area contributed by atoms with Crippen LogP contribution in [0.4, 0.5) is 18.0 Å². The maximum Gasteiger partial charge on any atom is 0.422 e. The van der Waals surface area contributed by atoms with E-state index in [1.165, 1.54) is 0 Å². The summed E-state index contributed by atoms with van der Waals surface area (Å²) in [6, 6.07) is 0. The van der Waals surface area contributed by atoms with Crippen molar-refractivity contribution in [3.8, 4) is 0 Å². The molecule has 16 heavy (non-hydrogen) atoms. The van der Waals surface area contributed by atoms with Gasteiger partial charge in [0.25, 0.3) is 0 Å². The molecule has 7 heteroatoms. The van der Waals surface area contributed by atoms with Gasteiger partial charge in [-0.05, 0) is 19.1 Å². The Labute approximate surface area is 96.1 Å². The van der Waals surface area contributed by atoms with Crippen LogP contribution >= 0.6 is 11.8 Å². The minimum atomic E-state index is -4.47. The fraction of sp³-hybridized carbons (Fsp3) is 0.889. The lowest BCUT2D eigenvalue weighted by Gasteiger charge is -2.40. The van der Waals surface area contributed by atoms with Crippen LogP contribution in [0.5, 0.6) is 0 Å². The molecule has 1 aliphatic rings. The van der Waals surface area contributed by atoms with Crippen LogP contribution in [0, 0.1) is 0 Å². The lowest BCUT2D eigenvalue weighted by molar-refractivity contribution is -0.160. The second kappa shape index (κ2) is 5.16. The SMILES string of the molecule is CSC1(CNC(=O)OCC(F)(F)F)CCC1. The highest BCUT2D eigenvalue weighted by Crippen LogP contribution is 2.42. The Morgan fingerprint density at radius 3 is 2.50 bits per heavy atom. The standard InChI is InChI=1S/C9H14F3NO2S/c1-16-8(3-2-4-8)5-13-7(14)15-6-9(10,11)12/h2-6H2,1H3,(H,13,14). The molecular formula is C9H14F3NO2S. The van der Waals surface area contributed by atoms with E-state index in [2.05, 4.69) is 10.1 Å². The van der Waals surface area contributed by atoms with Crippen molar-refractivity contribution < 1.29 is 22.7 Å². The first-order valence-electron chi connectivity index (χ1n) is 4.89. The van der Waals surface area contributed by atoms with E-state index in [0.717, 1.165) is 19.3 Å². The fourth-order valence-electron chi connectivity index (χ4n) is 1.46. The van der Waals surface area contributed by atoms with Gasteiger partial charge in [0.2, 0.25) is 0 Å². The topological polar surface area (TPSA) is 38.3 Å². The lowest BCUT2D eigenvalue weighted by atomic mass is 9.84. The highest BCUT2D eigenvalue weighted by atomic mass is 32.2. The number of carbonyl (C=O) groups excluding carboxylic acids is 1. The van der Waals surface area contributed by atoms with Crippen molar-refractivity contribution in [1.29, 1.82) is 0 Å². The summed E-state index contributed by atoms with van der Waals surface area (Å²) in [6.45, 7) is -1.17. The molecule has 1 saturated carbocycles. The van der Waals surface area contributed by atoms with E-state index < -0.39 is 18.9 Å². The van der Waals surface area contributed by atoms with Gasteiger partial charge < -0.3 is 10.1 Å². The summed E-state index contributed by atoms with van der Waals surface area (Å²) < 4.78 is 39.2. The van der Waals surface area contributed by atoms with Gasteiger partial charge in [0.15, 0.2) is 6.61 Å². The summed E-state index contributed by atoms with van der Waals surface area (Å²) in [7, 11) is 0. The van der Waals surface area contributed by atoms with Gasteiger partial charge in [-0.15, -0.1) is 0 Å². The number of amides is 1. The molecule has 0 radical (unpaired) electrons. The van der Waals surface area contributed by atoms with E-state index in [1.54, 1.807) is 11.8 Å². The summed E-state index contributed by atoms with van der Waals surface area (Å²) >= 11 is 1.63. The van der Waals surface area contributed by atoms with Crippen molar-refractivity contribution in [3.63, 3.8) is 0 Å². The van der Waals surface area contributed by atoms with Crippen molar-refractivity contribution in [2.45, 2.75) is 30.2 Å². The third kappa shape index (κ3) is 4.11. The Balaban J connectivity index is 2.20. The Bertz CT molecular complexity index is 248. The minimum Gasteiger partial charge on any atom is -0.440 e. The minimum absolute atomic E-state index is 0.00273. The third-order valence-corrected chi connectivity index (χ3v) is 4.04. The van der Waals surface area contributed by atoms with Crippen LogP contribution in [-0.2, 0) is 4.74 Å². The van der Waals surface area contributed by atoms with Crippen LogP contribution in [0.3, 0.4) is 0 Å². The van der Waals surface area contributed by atoms with Crippen LogP contribution < -0.4 is 5.32 Å². The summed E-state index contributed by atoms with van der Waals surface area (Å²) in [6.07, 6.45) is -0.480. The maximum atomic E-state index is 11.7. The van der Waals surface area contributed by atoms with E-state index in [4.69, 9.17) is 0 Å². The molecule has 1 rings (SSSR count). The molecule has 0 aromatic heterocycles. The molecule has 0 aliphatic heterocycles. The molecule has 94 valence electrons. The predicted molar refractivity (Wildman–Crippen MR) is 55.5 cm³/mol. The van der Waals surface area contributed by atoms with Gasteiger partial charge in [-0.3, -0.25) is 0 Å². The lowest BCUT2D eigenvalue weighted by Crippen LogP contribution is -2.45. The van der Waals surface area contributed by atoms with Crippen LogP contribution in [-0.4, -0.2) is 36.4 Å². The van der Waals surface area contributed by atoms with E-state index in [-0.39, 0.29) is 4.75 Å². The molecule has 1 aliphatic carbocycles. The van der Waals surface area contributed by atoms with E-state index in [0.29, 0.717) is 6.54 Å². The van der Waals surface area contributed by atoms with Gasteiger partial charge in [0, 0.05) is 11.3 Å². The third-order valence-electron chi connectivity index (χ3n) is 2.62. The second-order valence-electron chi connectivity index (χ2n) is 3.79. The number of alkyl halides is 3. The number of hydrogen-bond acceptors (Lipinski definition) is 3. The summed E-state index contributed by atoms with van der Waals surface area (Å²) in [5.41, 5.74) is 0. The molecule has 1 amide bonds. The molecule has 0 aromatic carbocycles. The zero-order chi connectivity index (χ0) is 12.2. The van der Waals surface area contributed by atoms with Crippen molar-refractivity contribution in [2.75, 3.05) is 19.4 Å². The van der Waals surface area contributed by atoms with Crippen molar-refractivity contribution in [2.24, 2.45) is 0 Å². The quantitative estimate of drug-likeness (QED) is 0.841. The average Bonchev–Trinajstić information content (AvgIpc) is 2.13. The normalized spacial score (nSPS) is 18.8. The molecular weight excluding hydrogens is 243 g/mol. The smallest absolute Gasteiger partial charge is 0.422 e. The Morgan fingerprint density at radius 1 is 1.50 bits per heavy atom. The zero-order valence-corrected chi connectivity index (χ0v) is 9.71. The average molecular weight is 257 g/mol. The molecule has 0 aromatic rings. The zero-order valence-electron chi connectivity index (χ0n) is 8.89. The number of carbonyl (C=O) groups is 1. The molecule has 3 nitrogen and oxygen atoms in total. The Kier molecular flexibility index (Phi) is 4.35. The first-order valence-corrected chi connectivity index (χ1v) is 6.12. The highest BCUT2D eigenvalue weighted by molar-refractivity contribution is 8.00. The molecule has 0 saturated heterocycles. The number of halogens is 3. The molecule has 1 fully saturated rings. The van der Waals surface area contributed by atoms with Crippen molar-refractivity contribution in [1.82, 2.24) is 5.32 Å². The number of alkyl carbamates (subject to hydrolysis) is 1. The largest absolute Gasteiger partial charge is 0.440 e. The van der Waals surface area contributed by atoms with Crippen molar-refractivity contribution in [3.05, 3.63) is 0 Å². The van der Waals surface area contributed by atoms with Crippen LogP contribution in [0.2, 0.25) is 0 Å². The van der Waals surface area contributed by atoms with Gasteiger partial charge >= 0.3 is 12.3 Å². The molecule has 0 atom stereocenters. The summed E-state index contributed by atoms with van der Waals surface area (Å²) in [4.78, 5) is 10.9. The van der Waals surface area contributed by atoms with Crippen LogP contribution in [0.25, 0.3) is 0 Å². The number of hydrogen-bond donors (Lipinski definition) is 1. The molecule has 0 bridgehead atoms. The van der Waals surface area contributed by atoms with Crippen LogP contribution in [0.1, 0.15) is 19.3 Å². The second-order valence-corrected chi connectivity index (χ2v) is 5.06. The molecule has 0 spiro atoms.